The Hall–Kier alpha value is -1.39. The van der Waals surface area contributed by atoms with E-state index < -0.39 is 4.92 Å². The first kappa shape index (κ1) is 18.7. The Kier molecular flexibility index (Phi) is 10.3. The van der Waals surface area contributed by atoms with Gasteiger partial charge in [0.1, 0.15) is 0 Å². The monoisotopic (exact) mass is 309 g/mol. The summed E-state index contributed by atoms with van der Waals surface area (Å²) < 4.78 is 1.68. The van der Waals surface area contributed by atoms with Gasteiger partial charge >= 0.3 is 5.82 Å². The van der Waals surface area contributed by atoms with Crippen molar-refractivity contribution in [3.63, 3.8) is 0 Å². The molecule has 0 aliphatic carbocycles. The van der Waals surface area contributed by atoms with Crippen LogP contribution in [0, 0.1) is 10.1 Å². The normalized spacial score (nSPS) is 11.0. The van der Waals surface area contributed by atoms with Crippen LogP contribution >= 0.6 is 0 Å². The number of nitrogens with zero attached hydrogens (tertiary/aromatic N) is 3. The summed E-state index contributed by atoms with van der Waals surface area (Å²) in [6.45, 7) is 3.04. The molecule has 0 saturated carbocycles. The van der Waals surface area contributed by atoms with E-state index in [9.17, 15) is 10.1 Å². The van der Waals surface area contributed by atoms with E-state index in [-0.39, 0.29) is 5.82 Å². The van der Waals surface area contributed by atoms with Crippen molar-refractivity contribution in [1.29, 1.82) is 0 Å². The third-order valence-corrected chi connectivity index (χ3v) is 4.05. The molecular formula is C17H31N3O2. The molecule has 1 aromatic rings. The second kappa shape index (κ2) is 12.2. The molecule has 22 heavy (non-hydrogen) atoms. The molecule has 1 aromatic heterocycles. The summed E-state index contributed by atoms with van der Waals surface area (Å²) in [5.41, 5.74) is 0. The molecule has 0 radical (unpaired) electrons. The summed E-state index contributed by atoms with van der Waals surface area (Å²) in [5.74, 6) is -0.0565. The van der Waals surface area contributed by atoms with Gasteiger partial charge in [0.05, 0.1) is 23.9 Å². The molecular weight excluding hydrogens is 278 g/mol. The summed E-state index contributed by atoms with van der Waals surface area (Å²) in [5, 5.41) is 14.4. The average molecular weight is 309 g/mol. The average Bonchev–Trinajstić information content (AvgIpc) is 2.97. The van der Waals surface area contributed by atoms with Gasteiger partial charge < -0.3 is 10.1 Å². The van der Waals surface area contributed by atoms with Gasteiger partial charge in [-0.1, -0.05) is 77.6 Å². The van der Waals surface area contributed by atoms with E-state index in [1.54, 1.807) is 10.9 Å². The summed E-state index contributed by atoms with van der Waals surface area (Å²) in [6, 6.07) is 1.46. The van der Waals surface area contributed by atoms with Gasteiger partial charge in [-0.25, -0.2) is 0 Å². The van der Waals surface area contributed by atoms with Crippen molar-refractivity contribution in [2.75, 3.05) is 0 Å². The smallest absolute Gasteiger partial charge is 0.358 e. The molecule has 0 fully saturated rings. The standard InChI is InChI=1S/C17H31N3O2/c1-2-3-4-5-6-7-8-9-10-11-12-13-15-19-16-14-17(18-19)20(21)22/h14,16H,2-13,15H2,1H3. The lowest BCUT2D eigenvalue weighted by Gasteiger charge is -2.02. The summed E-state index contributed by atoms with van der Waals surface area (Å²) in [7, 11) is 0. The number of hydrogen-bond acceptors (Lipinski definition) is 3. The van der Waals surface area contributed by atoms with Crippen molar-refractivity contribution < 1.29 is 4.92 Å². The second-order valence-corrected chi connectivity index (χ2v) is 6.08. The highest BCUT2D eigenvalue weighted by molar-refractivity contribution is 5.13. The molecule has 0 unspecified atom stereocenters. The molecule has 0 atom stereocenters. The van der Waals surface area contributed by atoms with Crippen LogP contribution in [0.15, 0.2) is 12.3 Å². The summed E-state index contributed by atoms with van der Waals surface area (Å²) >= 11 is 0. The molecule has 5 nitrogen and oxygen atoms in total. The van der Waals surface area contributed by atoms with Crippen LogP contribution in [0.2, 0.25) is 0 Å². The number of unbranched alkanes of at least 4 members (excludes halogenated alkanes) is 11. The van der Waals surface area contributed by atoms with Gasteiger partial charge in [0.2, 0.25) is 0 Å². The quantitative estimate of drug-likeness (QED) is 0.259. The predicted octanol–water partition coefficient (Wildman–Crippen LogP) is 5.49. The van der Waals surface area contributed by atoms with Crippen LogP contribution in [0.4, 0.5) is 5.82 Å². The van der Waals surface area contributed by atoms with Crippen molar-refractivity contribution in [2.45, 2.75) is 90.5 Å². The largest absolute Gasteiger partial charge is 0.389 e. The SMILES string of the molecule is CCCCCCCCCCCCCCn1ccc([N+](=O)[O-])n1. The summed E-state index contributed by atoms with van der Waals surface area (Å²) in [4.78, 5) is 10.1. The fourth-order valence-electron chi connectivity index (χ4n) is 2.69. The highest BCUT2D eigenvalue weighted by Gasteiger charge is 2.09. The van der Waals surface area contributed by atoms with Gasteiger partial charge in [-0.3, -0.25) is 0 Å². The Morgan fingerprint density at radius 1 is 0.955 bits per heavy atom. The zero-order valence-corrected chi connectivity index (χ0v) is 14.0. The molecule has 0 aliphatic heterocycles. The molecule has 5 heteroatoms. The molecule has 0 amide bonds. The van der Waals surface area contributed by atoms with Crippen molar-refractivity contribution >= 4 is 5.82 Å². The molecule has 1 heterocycles. The van der Waals surface area contributed by atoms with Crippen LogP contribution in [0.25, 0.3) is 0 Å². The van der Waals surface area contributed by atoms with Crippen molar-refractivity contribution in [3.05, 3.63) is 22.4 Å². The van der Waals surface area contributed by atoms with E-state index in [0.29, 0.717) is 0 Å². The number of aryl methyl sites for hydroxylation is 1. The maximum atomic E-state index is 10.5. The highest BCUT2D eigenvalue weighted by Crippen LogP contribution is 2.12. The predicted molar refractivity (Wildman–Crippen MR) is 90.0 cm³/mol. The topological polar surface area (TPSA) is 61.0 Å². The number of hydrogen-bond donors (Lipinski definition) is 0. The highest BCUT2D eigenvalue weighted by atomic mass is 16.6. The van der Waals surface area contributed by atoms with Crippen molar-refractivity contribution in [1.82, 2.24) is 9.78 Å². The number of rotatable bonds is 14. The van der Waals surface area contributed by atoms with Gasteiger partial charge in [-0.2, -0.15) is 4.68 Å². The molecule has 0 spiro atoms. The minimum atomic E-state index is -0.446. The molecule has 1 rings (SSSR count). The number of nitro groups is 1. The lowest BCUT2D eigenvalue weighted by atomic mass is 10.1. The zero-order chi connectivity index (χ0) is 16.0. The summed E-state index contributed by atoms with van der Waals surface area (Å²) in [6.07, 6.45) is 17.5. The third kappa shape index (κ3) is 8.80. The van der Waals surface area contributed by atoms with Crippen LogP contribution in [-0.2, 0) is 6.54 Å². The Morgan fingerprint density at radius 2 is 1.45 bits per heavy atom. The van der Waals surface area contributed by atoms with Crippen LogP contribution in [0.1, 0.15) is 84.0 Å². The van der Waals surface area contributed by atoms with Crippen LogP contribution < -0.4 is 0 Å². The van der Waals surface area contributed by atoms with Crippen LogP contribution in [-0.4, -0.2) is 14.7 Å². The first-order valence-electron chi connectivity index (χ1n) is 8.92. The van der Waals surface area contributed by atoms with E-state index in [1.807, 2.05) is 0 Å². The Balaban J connectivity index is 1.86. The van der Waals surface area contributed by atoms with Crippen LogP contribution in [0.3, 0.4) is 0 Å². The first-order chi connectivity index (χ1) is 10.7. The van der Waals surface area contributed by atoms with Crippen molar-refractivity contribution in [3.8, 4) is 0 Å². The molecule has 0 saturated heterocycles. The van der Waals surface area contributed by atoms with E-state index >= 15 is 0 Å². The Morgan fingerprint density at radius 3 is 1.91 bits per heavy atom. The zero-order valence-electron chi connectivity index (χ0n) is 14.0. The van der Waals surface area contributed by atoms with Gasteiger partial charge in [0.15, 0.2) is 0 Å². The first-order valence-corrected chi connectivity index (χ1v) is 8.92. The lowest BCUT2D eigenvalue weighted by molar-refractivity contribution is -0.389. The molecule has 0 aliphatic rings. The van der Waals surface area contributed by atoms with Crippen LogP contribution in [0.5, 0.6) is 0 Å². The minimum absolute atomic E-state index is 0.0565. The van der Waals surface area contributed by atoms with Gasteiger partial charge in [0.25, 0.3) is 0 Å². The van der Waals surface area contributed by atoms with E-state index in [4.69, 9.17) is 0 Å². The third-order valence-electron chi connectivity index (χ3n) is 4.05. The molecule has 0 bridgehead atoms. The lowest BCUT2D eigenvalue weighted by Crippen LogP contribution is -1.99. The molecule has 0 N–H and O–H groups in total. The minimum Gasteiger partial charge on any atom is -0.358 e. The van der Waals surface area contributed by atoms with Crippen molar-refractivity contribution in [2.24, 2.45) is 0 Å². The van der Waals surface area contributed by atoms with E-state index in [2.05, 4.69) is 12.0 Å². The van der Waals surface area contributed by atoms with Gasteiger partial charge in [0, 0.05) is 0 Å². The number of aromatic nitrogens is 2. The molecule has 126 valence electrons. The second-order valence-electron chi connectivity index (χ2n) is 6.08. The maximum Gasteiger partial charge on any atom is 0.389 e. The fourth-order valence-corrected chi connectivity index (χ4v) is 2.69. The Bertz CT molecular complexity index is 404. The fraction of sp³-hybridized carbons (Fsp3) is 0.824. The van der Waals surface area contributed by atoms with E-state index in [1.165, 1.54) is 76.7 Å². The van der Waals surface area contributed by atoms with E-state index in [0.717, 1.165) is 13.0 Å². The maximum absolute atomic E-state index is 10.5. The molecule has 0 aromatic carbocycles. The Labute approximate surface area is 134 Å². The van der Waals surface area contributed by atoms with Gasteiger partial charge in [-0.05, 0) is 11.3 Å². The van der Waals surface area contributed by atoms with Gasteiger partial charge in [-0.15, -0.1) is 0 Å².